The van der Waals surface area contributed by atoms with Crippen molar-refractivity contribution in [3.63, 3.8) is 0 Å². The molecular formula is C22H18N4. The summed E-state index contributed by atoms with van der Waals surface area (Å²) < 4.78 is 1.95. The quantitative estimate of drug-likeness (QED) is 0.571. The van der Waals surface area contributed by atoms with Gasteiger partial charge in [-0.2, -0.15) is 10.1 Å². The third-order valence-corrected chi connectivity index (χ3v) is 4.77. The molecule has 1 aliphatic rings. The molecule has 1 atom stereocenters. The Balaban J connectivity index is 1.65. The SMILES string of the molecule is Cc1nc2n(n1)[C@H](c1ccccc1)C=C(c1ccc3ccccc3c1)N2. The van der Waals surface area contributed by atoms with Crippen molar-refractivity contribution >= 4 is 22.4 Å². The highest BCUT2D eigenvalue weighted by Gasteiger charge is 2.24. The topological polar surface area (TPSA) is 42.7 Å². The summed E-state index contributed by atoms with van der Waals surface area (Å²) in [5, 5.41) is 10.5. The van der Waals surface area contributed by atoms with Crippen LogP contribution in [0.2, 0.25) is 0 Å². The fourth-order valence-corrected chi connectivity index (χ4v) is 3.51. The number of anilines is 1. The molecule has 1 aliphatic heterocycles. The molecule has 0 amide bonds. The summed E-state index contributed by atoms with van der Waals surface area (Å²) in [6, 6.07) is 25.4. The Kier molecular flexibility index (Phi) is 3.35. The second-order valence-electron chi connectivity index (χ2n) is 6.55. The lowest BCUT2D eigenvalue weighted by molar-refractivity contribution is 0.607. The molecule has 0 fully saturated rings. The summed E-state index contributed by atoms with van der Waals surface area (Å²) in [6.07, 6.45) is 2.22. The fourth-order valence-electron chi connectivity index (χ4n) is 3.51. The molecule has 4 nitrogen and oxygen atoms in total. The van der Waals surface area contributed by atoms with Crippen LogP contribution in [0.5, 0.6) is 0 Å². The molecule has 5 rings (SSSR count). The predicted octanol–water partition coefficient (Wildman–Crippen LogP) is 4.80. The summed E-state index contributed by atoms with van der Waals surface area (Å²) in [5.74, 6) is 1.55. The van der Waals surface area contributed by atoms with Crippen LogP contribution >= 0.6 is 0 Å². The van der Waals surface area contributed by atoms with Crippen molar-refractivity contribution in [1.29, 1.82) is 0 Å². The van der Waals surface area contributed by atoms with Crippen LogP contribution in [0.3, 0.4) is 0 Å². The van der Waals surface area contributed by atoms with Crippen molar-refractivity contribution in [3.05, 3.63) is 95.8 Å². The lowest BCUT2D eigenvalue weighted by atomic mass is 10.00. The molecular weight excluding hydrogens is 320 g/mol. The molecule has 2 heterocycles. The zero-order chi connectivity index (χ0) is 17.5. The first kappa shape index (κ1) is 14.9. The first-order chi connectivity index (χ1) is 12.8. The van der Waals surface area contributed by atoms with Crippen LogP contribution in [-0.2, 0) is 0 Å². The Morgan fingerprint density at radius 2 is 1.65 bits per heavy atom. The smallest absolute Gasteiger partial charge is 0.226 e. The van der Waals surface area contributed by atoms with Crippen molar-refractivity contribution in [2.75, 3.05) is 5.32 Å². The molecule has 4 heteroatoms. The van der Waals surface area contributed by atoms with Crippen LogP contribution in [0.4, 0.5) is 5.95 Å². The van der Waals surface area contributed by atoms with Gasteiger partial charge in [0.1, 0.15) is 11.9 Å². The Morgan fingerprint density at radius 3 is 2.50 bits per heavy atom. The second-order valence-corrected chi connectivity index (χ2v) is 6.55. The van der Waals surface area contributed by atoms with Crippen LogP contribution in [0.1, 0.15) is 23.0 Å². The van der Waals surface area contributed by atoms with E-state index in [1.54, 1.807) is 0 Å². The number of aromatic nitrogens is 3. The third kappa shape index (κ3) is 2.47. The molecule has 1 aromatic heterocycles. The van der Waals surface area contributed by atoms with Crippen molar-refractivity contribution in [2.24, 2.45) is 0 Å². The minimum atomic E-state index is 0.0233. The van der Waals surface area contributed by atoms with Crippen LogP contribution in [-0.4, -0.2) is 14.8 Å². The van der Waals surface area contributed by atoms with Gasteiger partial charge in [-0.15, -0.1) is 0 Å². The van der Waals surface area contributed by atoms with Gasteiger partial charge in [0.2, 0.25) is 5.95 Å². The minimum absolute atomic E-state index is 0.0233. The van der Waals surface area contributed by atoms with Gasteiger partial charge in [0.25, 0.3) is 0 Å². The van der Waals surface area contributed by atoms with E-state index in [0.717, 1.165) is 23.0 Å². The molecule has 0 aliphatic carbocycles. The zero-order valence-electron chi connectivity index (χ0n) is 14.4. The number of nitrogens with zero attached hydrogens (tertiary/aromatic N) is 3. The standard InChI is InChI=1S/C22H18N4/c1-15-23-22-24-20(19-12-11-16-7-5-6-10-18(16)13-19)14-21(26(22)25-15)17-8-3-2-4-9-17/h2-14,21H,1H3,(H,23,24,25)/t21-/m0/s1. The third-order valence-electron chi connectivity index (χ3n) is 4.77. The predicted molar refractivity (Wildman–Crippen MR) is 105 cm³/mol. The summed E-state index contributed by atoms with van der Waals surface area (Å²) in [5.41, 5.74) is 3.40. The minimum Gasteiger partial charge on any atom is -0.324 e. The molecule has 4 aromatic rings. The van der Waals surface area contributed by atoms with E-state index in [9.17, 15) is 0 Å². The Labute approximate surface area is 151 Å². The van der Waals surface area contributed by atoms with Gasteiger partial charge in [-0.05, 0) is 41.0 Å². The molecule has 3 aromatic carbocycles. The molecule has 0 spiro atoms. The lowest BCUT2D eigenvalue weighted by Gasteiger charge is -2.24. The fraction of sp³-hybridized carbons (Fsp3) is 0.0909. The second kappa shape index (κ2) is 5.85. The van der Waals surface area contributed by atoms with Gasteiger partial charge in [-0.25, -0.2) is 4.68 Å². The van der Waals surface area contributed by atoms with Crippen LogP contribution in [0.25, 0.3) is 16.5 Å². The van der Waals surface area contributed by atoms with Gasteiger partial charge in [-0.1, -0.05) is 66.7 Å². The summed E-state index contributed by atoms with van der Waals surface area (Å²) >= 11 is 0. The highest BCUT2D eigenvalue weighted by Crippen LogP contribution is 2.33. The van der Waals surface area contributed by atoms with Gasteiger partial charge >= 0.3 is 0 Å². The highest BCUT2D eigenvalue weighted by molar-refractivity contribution is 5.88. The number of aryl methyl sites for hydroxylation is 1. The Hall–Kier alpha value is -3.40. The number of benzene rings is 3. The van der Waals surface area contributed by atoms with Gasteiger partial charge < -0.3 is 5.32 Å². The van der Waals surface area contributed by atoms with Crippen molar-refractivity contribution in [1.82, 2.24) is 14.8 Å². The van der Waals surface area contributed by atoms with E-state index < -0.39 is 0 Å². The number of nitrogens with one attached hydrogen (secondary N) is 1. The van der Waals surface area contributed by atoms with Crippen LogP contribution in [0.15, 0.2) is 78.9 Å². The average molecular weight is 338 g/mol. The molecule has 0 bridgehead atoms. The molecule has 126 valence electrons. The van der Waals surface area contributed by atoms with E-state index in [1.807, 2.05) is 17.7 Å². The number of fused-ring (bicyclic) bond motifs is 2. The monoisotopic (exact) mass is 338 g/mol. The van der Waals surface area contributed by atoms with E-state index in [4.69, 9.17) is 0 Å². The van der Waals surface area contributed by atoms with E-state index in [0.29, 0.717) is 0 Å². The normalized spacial score (nSPS) is 16.0. The molecule has 0 saturated heterocycles. The first-order valence-electron chi connectivity index (χ1n) is 8.74. The van der Waals surface area contributed by atoms with Crippen molar-refractivity contribution < 1.29 is 0 Å². The molecule has 1 N–H and O–H groups in total. The van der Waals surface area contributed by atoms with E-state index in [2.05, 4.69) is 88.2 Å². The molecule has 0 unspecified atom stereocenters. The van der Waals surface area contributed by atoms with Crippen molar-refractivity contribution in [2.45, 2.75) is 13.0 Å². The summed E-state index contributed by atoms with van der Waals surface area (Å²) in [7, 11) is 0. The highest BCUT2D eigenvalue weighted by atomic mass is 15.4. The maximum atomic E-state index is 4.59. The number of allylic oxidation sites excluding steroid dienone is 1. The maximum Gasteiger partial charge on any atom is 0.226 e. The van der Waals surface area contributed by atoms with E-state index >= 15 is 0 Å². The largest absolute Gasteiger partial charge is 0.324 e. The molecule has 26 heavy (non-hydrogen) atoms. The van der Waals surface area contributed by atoms with Gasteiger partial charge in [0, 0.05) is 5.70 Å². The summed E-state index contributed by atoms with van der Waals surface area (Å²) in [6.45, 7) is 1.92. The average Bonchev–Trinajstić information content (AvgIpc) is 3.07. The summed E-state index contributed by atoms with van der Waals surface area (Å²) in [4.78, 5) is 4.56. The van der Waals surface area contributed by atoms with E-state index in [-0.39, 0.29) is 6.04 Å². The zero-order valence-corrected chi connectivity index (χ0v) is 14.4. The Bertz CT molecular complexity index is 1130. The van der Waals surface area contributed by atoms with E-state index in [1.165, 1.54) is 16.3 Å². The van der Waals surface area contributed by atoms with Crippen LogP contribution in [0, 0.1) is 6.92 Å². The van der Waals surface area contributed by atoms with Gasteiger partial charge in [-0.3, -0.25) is 0 Å². The number of hydrogen-bond acceptors (Lipinski definition) is 3. The van der Waals surface area contributed by atoms with Crippen LogP contribution < -0.4 is 5.32 Å². The Morgan fingerprint density at radius 1 is 0.885 bits per heavy atom. The first-order valence-corrected chi connectivity index (χ1v) is 8.74. The van der Waals surface area contributed by atoms with Gasteiger partial charge in [0.05, 0.1) is 0 Å². The van der Waals surface area contributed by atoms with Crippen molar-refractivity contribution in [3.8, 4) is 0 Å². The number of rotatable bonds is 2. The maximum absolute atomic E-state index is 4.59. The number of hydrogen-bond donors (Lipinski definition) is 1. The molecule has 0 saturated carbocycles. The molecule has 0 radical (unpaired) electrons. The van der Waals surface area contributed by atoms with Gasteiger partial charge in [0.15, 0.2) is 0 Å². The lowest BCUT2D eigenvalue weighted by Crippen LogP contribution is -2.20.